The zero-order valence-electron chi connectivity index (χ0n) is 8.36. The Hall–Kier alpha value is -0.930. The summed E-state index contributed by atoms with van der Waals surface area (Å²) in [6, 6.07) is 4.12. The van der Waals surface area contributed by atoms with Gasteiger partial charge >= 0.3 is 0 Å². The zero-order valence-corrected chi connectivity index (χ0v) is 8.36. The Balaban J connectivity index is 1.67. The highest BCUT2D eigenvalue weighted by Gasteiger charge is 2.16. The van der Waals surface area contributed by atoms with Gasteiger partial charge in [0.15, 0.2) is 0 Å². The van der Waals surface area contributed by atoms with Crippen molar-refractivity contribution in [3.63, 3.8) is 0 Å². The van der Waals surface area contributed by atoms with Crippen LogP contribution in [0.2, 0.25) is 0 Å². The zero-order chi connectivity index (χ0) is 9.64. The summed E-state index contributed by atoms with van der Waals surface area (Å²) in [5.74, 6) is 0. The highest BCUT2D eigenvalue weighted by molar-refractivity contribution is 5.07. The SMILES string of the molecule is c1cc(C[NH2+]C[C@H]2CCCO2)ccn1. The first-order valence-corrected chi connectivity index (χ1v) is 5.27. The van der Waals surface area contributed by atoms with Crippen LogP contribution in [0.3, 0.4) is 0 Å². The predicted molar refractivity (Wildman–Crippen MR) is 53.7 cm³/mol. The van der Waals surface area contributed by atoms with Crippen LogP contribution in [0.15, 0.2) is 24.5 Å². The number of pyridine rings is 1. The molecule has 0 aliphatic carbocycles. The highest BCUT2D eigenvalue weighted by atomic mass is 16.5. The molecule has 3 nitrogen and oxygen atoms in total. The first-order valence-electron chi connectivity index (χ1n) is 5.27. The molecule has 0 radical (unpaired) electrons. The fraction of sp³-hybridized carbons (Fsp3) is 0.545. The van der Waals surface area contributed by atoms with Crippen molar-refractivity contribution in [3.05, 3.63) is 30.1 Å². The molecule has 1 aromatic heterocycles. The van der Waals surface area contributed by atoms with Gasteiger partial charge in [-0.15, -0.1) is 0 Å². The summed E-state index contributed by atoms with van der Waals surface area (Å²) >= 11 is 0. The summed E-state index contributed by atoms with van der Waals surface area (Å²) in [7, 11) is 0. The second kappa shape index (κ2) is 5.08. The first-order chi connectivity index (χ1) is 6.95. The second-order valence-corrected chi connectivity index (χ2v) is 3.72. The van der Waals surface area contributed by atoms with Crippen molar-refractivity contribution >= 4 is 0 Å². The molecule has 2 rings (SSSR count). The fourth-order valence-electron chi connectivity index (χ4n) is 1.78. The van der Waals surface area contributed by atoms with Gasteiger partial charge in [-0.25, -0.2) is 0 Å². The van der Waals surface area contributed by atoms with E-state index in [1.54, 1.807) is 0 Å². The predicted octanol–water partition coefficient (Wildman–Crippen LogP) is 0.324. The van der Waals surface area contributed by atoms with Gasteiger partial charge in [-0.1, -0.05) is 0 Å². The summed E-state index contributed by atoms with van der Waals surface area (Å²) in [5.41, 5.74) is 1.33. The van der Waals surface area contributed by atoms with E-state index in [2.05, 4.69) is 22.4 Å². The van der Waals surface area contributed by atoms with Crippen LogP contribution >= 0.6 is 0 Å². The third-order valence-corrected chi connectivity index (χ3v) is 2.58. The molecule has 2 N–H and O–H groups in total. The maximum Gasteiger partial charge on any atom is 0.106 e. The molecule has 0 bridgehead atoms. The standard InChI is InChI=1S/C11H16N2O/c1-2-11(14-7-1)9-13-8-10-3-5-12-6-4-10/h3-6,11,13H,1-2,7-9H2/p+1/t11-/m1/s1. The Bertz CT molecular complexity index is 257. The monoisotopic (exact) mass is 193 g/mol. The normalized spacial score (nSPS) is 21.3. The molecule has 0 spiro atoms. The van der Waals surface area contributed by atoms with Crippen molar-refractivity contribution < 1.29 is 10.1 Å². The van der Waals surface area contributed by atoms with Crippen molar-refractivity contribution in [2.45, 2.75) is 25.5 Å². The topological polar surface area (TPSA) is 38.7 Å². The average molecular weight is 193 g/mol. The fourth-order valence-corrected chi connectivity index (χ4v) is 1.78. The highest BCUT2D eigenvalue weighted by Crippen LogP contribution is 2.09. The van der Waals surface area contributed by atoms with E-state index in [0.29, 0.717) is 6.10 Å². The van der Waals surface area contributed by atoms with Gasteiger partial charge in [0.05, 0.1) is 0 Å². The molecule has 1 aliphatic heterocycles. The molecule has 1 atom stereocenters. The van der Waals surface area contributed by atoms with Crippen LogP contribution in [-0.2, 0) is 11.3 Å². The minimum atomic E-state index is 0.483. The number of hydrogen-bond acceptors (Lipinski definition) is 2. The van der Waals surface area contributed by atoms with Crippen molar-refractivity contribution in [3.8, 4) is 0 Å². The summed E-state index contributed by atoms with van der Waals surface area (Å²) in [5, 5.41) is 2.31. The van der Waals surface area contributed by atoms with E-state index in [9.17, 15) is 0 Å². The van der Waals surface area contributed by atoms with Crippen LogP contribution in [0.4, 0.5) is 0 Å². The molecular weight excluding hydrogens is 176 g/mol. The first kappa shape index (κ1) is 9.62. The van der Waals surface area contributed by atoms with E-state index in [4.69, 9.17) is 4.74 Å². The maximum atomic E-state index is 5.55. The lowest BCUT2D eigenvalue weighted by atomic mass is 10.2. The van der Waals surface area contributed by atoms with E-state index in [1.807, 2.05) is 12.4 Å². The van der Waals surface area contributed by atoms with Crippen LogP contribution in [0.5, 0.6) is 0 Å². The quantitative estimate of drug-likeness (QED) is 0.748. The van der Waals surface area contributed by atoms with E-state index in [0.717, 1.165) is 19.7 Å². The van der Waals surface area contributed by atoms with Crippen molar-refractivity contribution in [2.24, 2.45) is 0 Å². The molecule has 1 fully saturated rings. The van der Waals surface area contributed by atoms with Gasteiger partial charge in [-0.2, -0.15) is 0 Å². The van der Waals surface area contributed by atoms with E-state index in [-0.39, 0.29) is 0 Å². The second-order valence-electron chi connectivity index (χ2n) is 3.72. The molecule has 76 valence electrons. The minimum Gasteiger partial charge on any atom is -0.372 e. The third-order valence-electron chi connectivity index (χ3n) is 2.58. The van der Waals surface area contributed by atoms with Crippen LogP contribution in [0, 0.1) is 0 Å². The Morgan fingerprint density at radius 3 is 3.00 bits per heavy atom. The maximum absolute atomic E-state index is 5.55. The lowest BCUT2D eigenvalue weighted by Gasteiger charge is -2.07. The molecule has 1 aromatic rings. The molecule has 0 amide bonds. The van der Waals surface area contributed by atoms with Gasteiger partial charge in [0, 0.05) is 24.6 Å². The molecule has 2 heterocycles. The number of rotatable bonds is 4. The van der Waals surface area contributed by atoms with Gasteiger partial charge < -0.3 is 10.1 Å². The molecule has 0 aromatic carbocycles. The van der Waals surface area contributed by atoms with Gasteiger partial charge in [0.2, 0.25) is 0 Å². The van der Waals surface area contributed by atoms with Crippen molar-refractivity contribution in [2.75, 3.05) is 13.2 Å². The van der Waals surface area contributed by atoms with Crippen molar-refractivity contribution in [1.82, 2.24) is 4.98 Å². The number of aromatic nitrogens is 1. The lowest BCUT2D eigenvalue weighted by Crippen LogP contribution is -2.84. The van der Waals surface area contributed by atoms with E-state index < -0.39 is 0 Å². The number of nitrogens with two attached hydrogens (primary N) is 1. The summed E-state index contributed by atoms with van der Waals surface area (Å²) in [4.78, 5) is 3.99. The van der Waals surface area contributed by atoms with Gasteiger partial charge in [0.25, 0.3) is 0 Å². The van der Waals surface area contributed by atoms with Gasteiger partial charge in [-0.3, -0.25) is 4.98 Å². The van der Waals surface area contributed by atoms with Crippen LogP contribution in [0.1, 0.15) is 18.4 Å². The number of quaternary nitrogens is 1. The third kappa shape index (κ3) is 2.79. The van der Waals surface area contributed by atoms with Gasteiger partial charge in [-0.05, 0) is 25.0 Å². The van der Waals surface area contributed by atoms with Crippen LogP contribution in [-0.4, -0.2) is 24.2 Å². The van der Waals surface area contributed by atoms with Gasteiger partial charge in [0.1, 0.15) is 19.2 Å². The summed E-state index contributed by atoms with van der Waals surface area (Å²) < 4.78 is 5.55. The largest absolute Gasteiger partial charge is 0.372 e. The number of ether oxygens (including phenoxy) is 1. The molecule has 3 heteroatoms. The number of nitrogens with zero attached hydrogens (tertiary/aromatic N) is 1. The molecule has 14 heavy (non-hydrogen) atoms. The summed E-state index contributed by atoms with van der Waals surface area (Å²) in [6.45, 7) is 3.07. The minimum absolute atomic E-state index is 0.483. The molecular formula is C11H17N2O+. The average Bonchev–Trinajstić information content (AvgIpc) is 2.72. The van der Waals surface area contributed by atoms with Crippen LogP contribution < -0.4 is 5.32 Å². The Kier molecular flexibility index (Phi) is 3.49. The Labute approximate surface area is 84.5 Å². The smallest absolute Gasteiger partial charge is 0.106 e. The molecule has 0 saturated carbocycles. The Morgan fingerprint density at radius 2 is 2.29 bits per heavy atom. The number of hydrogen-bond donors (Lipinski definition) is 1. The molecule has 1 aliphatic rings. The lowest BCUT2D eigenvalue weighted by molar-refractivity contribution is -0.676. The molecule has 1 saturated heterocycles. The molecule has 0 unspecified atom stereocenters. The Morgan fingerprint density at radius 1 is 1.43 bits per heavy atom. The van der Waals surface area contributed by atoms with E-state index in [1.165, 1.54) is 18.4 Å². The van der Waals surface area contributed by atoms with E-state index >= 15 is 0 Å². The van der Waals surface area contributed by atoms with Crippen molar-refractivity contribution in [1.29, 1.82) is 0 Å². The summed E-state index contributed by atoms with van der Waals surface area (Å²) in [6.07, 6.45) is 6.63. The van der Waals surface area contributed by atoms with Crippen LogP contribution in [0.25, 0.3) is 0 Å².